The second-order valence-corrected chi connectivity index (χ2v) is 5.96. The number of hydrogen-bond donors (Lipinski definition) is 1. The van der Waals surface area contributed by atoms with Crippen LogP contribution in [0.15, 0.2) is 52.9 Å². The maximum Gasteiger partial charge on any atom is 0.338 e. The molecule has 0 aliphatic carbocycles. The number of halogens is 1. The first kappa shape index (κ1) is 19.7. The molecule has 1 aromatic heterocycles. The second-order valence-electron chi connectivity index (χ2n) is 5.96. The van der Waals surface area contributed by atoms with Crippen molar-refractivity contribution >= 4 is 17.6 Å². The summed E-state index contributed by atoms with van der Waals surface area (Å²) in [6.45, 7) is 1.58. The molecule has 0 bridgehead atoms. The minimum atomic E-state index is -0.806. The number of nitrogens with zero attached hydrogens (tertiary/aromatic N) is 3. The minimum absolute atomic E-state index is 0.0954. The Kier molecular flexibility index (Phi) is 5.94. The van der Waals surface area contributed by atoms with Crippen LogP contribution in [0.3, 0.4) is 0 Å². The van der Waals surface area contributed by atoms with E-state index >= 15 is 0 Å². The monoisotopic (exact) mass is 394 g/mol. The molecule has 8 nitrogen and oxygen atoms in total. The predicted octanol–water partition coefficient (Wildman–Crippen LogP) is 3.65. The molecule has 3 rings (SSSR count). The van der Waals surface area contributed by atoms with Gasteiger partial charge in [-0.3, -0.25) is 4.79 Å². The zero-order valence-corrected chi connectivity index (χ0v) is 15.3. The SMILES string of the molecule is C[C@@H](OC(=O)c1ccc(NC(=O)CC#N)cc1)c1nnc(-c2ccc(F)cc2)o1. The summed E-state index contributed by atoms with van der Waals surface area (Å²) in [6, 6.07) is 13.3. The summed E-state index contributed by atoms with van der Waals surface area (Å²) in [7, 11) is 0. The van der Waals surface area contributed by atoms with Crippen LogP contribution in [0.5, 0.6) is 0 Å². The first-order valence-corrected chi connectivity index (χ1v) is 8.53. The van der Waals surface area contributed by atoms with Crippen molar-refractivity contribution in [1.82, 2.24) is 10.2 Å². The van der Waals surface area contributed by atoms with Crippen molar-refractivity contribution in [2.45, 2.75) is 19.4 Å². The Morgan fingerprint density at radius 1 is 1.17 bits per heavy atom. The van der Waals surface area contributed by atoms with Gasteiger partial charge in [0.1, 0.15) is 12.2 Å². The van der Waals surface area contributed by atoms with Gasteiger partial charge in [-0.05, 0) is 55.5 Å². The summed E-state index contributed by atoms with van der Waals surface area (Å²) < 4.78 is 23.8. The normalized spacial score (nSPS) is 11.3. The van der Waals surface area contributed by atoms with E-state index in [-0.39, 0.29) is 29.6 Å². The number of carbonyl (C=O) groups excluding carboxylic acids is 2. The van der Waals surface area contributed by atoms with E-state index in [9.17, 15) is 14.0 Å². The van der Waals surface area contributed by atoms with Gasteiger partial charge in [0.05, 0.1) is 11.6 Å². The highest BCUT2D eigenvalue weighted by Crippen LogP contribution is 2.23. The Morgan fingerprint density at radius 2 is 1.86 bits per heavy atom. The third-order valence-electron chi connectivity index (χ3n) is 3.81. The maximum atomic E-state index is 13.0. The number of aromatic nitrogens is 2. The fraction of sp³-hybridized carbons (Fsp3) is 0.150. The summed E-state index contributed by atoms with van der Waals surface area (Å²) in [4.78, 5) is 23.7. The van der Waals surface area contributed by atoms with Crippen molar-refractivity contribution < 1.29 is 23.1 Å². The Bertz CT molecular complexity index is 1060. The number of amides is 1. The predicted molar refractivity (Wildman–Crippen MR) is 98.8 cm³/mol. The molecule has 29 heavy (non-hydrogen) atoms. The molecule has 1 heterocycles. The van der Waals surface area contributed by atoms with Crippen molar-refractivity contribution in [1.29, 1.82) is 5.26 Å². The molecule has 0 saturated heterocycles. The molecule has 0 unspecified atom stereocenters. The van der Waals surface area contributed by atoms with Crippen molar-refractivity contribution in [3.63, 3.8) is 0 Å². The quantitative estimate of drug-likeness (QED) is 0.634. The standard InChI is InChI=1S/C20H15FN4O4/c1-12(18-24-25-19(29-18)13-2-6-15(21)7-3-13)28-20(27)14-4-8-16(9-5-14)23-17(26)10-11-22/h2-9,12H,10H2,1H3,(H,23,26)/t12-/m1/s1. The number of nitriles is 1. The van der Waals surface area contributed by atoms with Gasteiger partial charge in [0.15, 0.2) is 6.10 Å². The minimum Gasteiger partial charge on any atom is -0.449 e. The molecule has 0 aliphatic heterocycles. The van der Waals surface area contributed by atoms with E-state index in [0.29, 0.717) is 11.3 Å². The molecule has 3 aromatic rings. The lowest BCUT2D eigenvalue weighted by Gasteiger charge is -2.10. The van der Waals surface area contributed by atoms with Crippen LogP contribution >= 0.6 is 0 Å². The van der Waals surface area contributed by atoms with Crippen molar-refractivity contribution in [3.8, 4) is 17.5 Å². The van der Waals surface area contributed by atoms with Crippen LogP contribution in [0.25, 0.3) is 11.5 Å². The molecule has 1 atom stereocenters. The summed E-state index contributed by atoms with van der Waals surface area (Å²) >= 11 is 0. The number of rotatable bonds is 6. The molecule has 1 amide bonds. The average Bonchev–Trinajstić information content (AvgIpc) is 3.19. The summed E-state index contributed by atoms with van der Waals surface area (Å²) in [5.41, 5.74) is 1.25. The lowest BCUT2D eigenvalue weighted by Crippen LogP contribution is -2.11. The van der Waals surface area contributed by atoms with E-state index in [2.05, 4.69) is 15.5 Å². The Labute approximate surface area is 164 Å². The zero-order valence-electron chi connectivity index (χ0n) is 15.3. The molecule has 0 aliphatic rings. The highest BCUT2D eigenvalue weighted by Gasteiger charge is 2.20. The maximum absolute atomic E-state index is 13.0. The summed E-state index contributed by atoms with van der Waals surface area (Å²) in [6.07, 6.45) is -1.06. The van der Waals surface area contributed by atoms with Crippen LogP contribution < -0.4 is 5.32 Å². The number of carbonyl (C=O) groups is 2. The first-order chi connectivity index (χ1) is 14.0. The van der Waals surface area contributed by atoms with Crippen LogP contribution in [0.2, 0.25) is 0 Å². The van der Waals surface area contributed by atoms with E-state index < -0.39 is 18.0 Å². The van der Waals surface area contributed by atoms with E-state index in [1.165, 1.54) is 48.5 Å². The number of nitrogens with one attached hydrogen (secondary N) is 1. The fourth-order valence-corrected chi connectivity index (χ4v) is 2.35. The first-order valence-electron chi connectivity index (χ1n) is 8.53. The molecule has 0 spiro atoms. The van der Waals surface area contributed by atoms with Crippen LogP contribution in [0, 0.1) is 17.1 Å². The number of hydrogen-bond acceptors (Lipinski definition) is 7. The van der Waals surface area contributed by atoms with Gasteiger partial charge in [-0.1, -0.05) is 0 Å². The van der Waals surface area contributed by atoms with E-state index in [1.54, 1.807) is 13.0 Å². The molecular formula is C20H15FN4O4. The second kappa shape index (κ2) is 8.75. The lowest BCUT2D eigenvalue weighted by molar-refractivity contribution is -0.115. The third-order valence-corrected chi connectivity index (χ3v) is 3.81. The number of benzene rings is 2. The molecule has 0 radical (unpaired) electrons. The van der Waals surface area contributed by atoms with Crippen molar-refractivity contribution in [2.24, 2.45) is 0 Å². The largest absolute Gasteiger partial charge is 0.449 e. The van der Waals surface area contributed by atoms with Gasteiger partial charge >= 0.3 is 5.97 Å². The molecule has 1 N–H and O–H groups in total. The average molecular weight is 394 g/mol. The third kappa shape index (κ3) is 5.01. The van der Waals surface area contributed by atoms with Gasteiger partial charge in [-0.2, -0.15) is 5.26 Å². The highest BCUT2D eigenvalue weighted by atomic mass is 19.1. The smallest absolute Gasteiger partial charge is 0.338 e. The Balaban J connectivity index is 1.62. The van der Waals surface area contributed by atoms with Crippen LogP contribution in [-0.2, 0) is 9.53 Å². The van der Waals surface area contributed by atoms with Gasteiger partial charge in [0.2, 0.25) is 11.8 Å². The molecule has 0 saturated carbocycles. The molecular weight excluding hydrogens is 379 g/mol. The van der Waals surface area contributed by atoms with Gasteiger partial charge in [0, 0.05) is 11.3 Å². The number of esters is 1. The lowest BCUT2D eigenvalue weighted by atomic mass is 10.2. The van der Waals surface area contributed by atoms with Gasteiger partial charge in [-0.15, -0.1) is 10.2 Å². The molecule has 0 fully saturated rings. The van der Waals surface area contributed by atoms with E-state index in [0.717, 1.165) is 0 Å². The van der Waals surface area contributed by atoms with Crippen LogP contribution in [0.1, 0.15) is 35.7 Å². The van der Waals surface area contributed by atoms with E-state index in [4.69, 9.17) is 14.4 Å². The van der Waals surface area contributed by atoms with Gasteiger partial charge in [0.25, 0.3) is 5.89 Å². The topological polar surface area (TPSA) is 118 Å². The summed E-state index contributed by atoms with van der Waals surface area (Å²) in [5, 5.41) is 18.8. The summed E-state index contributed by atoms with van der Waals surface area (Å²) in [5.74, 6) is -1.16. The highest BCUT2D eigenvalue weighted by molar-refractivity contribution is 5.93. The Morgan fingerprint density at radius 3 is 2.52 bits per heavy atom. The number of ether oxygens (including phenoxy) is 1. The molecule has 2 aromatic carbocycles. The van der Waals surface area contributed by atoms with E-state index in [1.807, 2.05) is 0 Å². The van der Waals surface area contributed by atoms with Gasteiger partial charge in [-0.25, -0.2) is 9.18 Å². The molecule has 146 valence electrons. The Hall–Kier alpha value is -4.06. The molecule has 9 heteroatoms. The van der Waals surface area contributed by atoms with Crippen LogP contribution in [0.4, 0.5) is 10.1 Å². The fourth-order valence-electron chi connectivity index (χ4n) is 2.35. The van der Waals surface area contributed by atoms with Crippen molar-refractivity contribution in [3.05, 3.63) is 65.8 Å². The zero-order chi connectivity index (χ0) is 20.8. The van der Waals surface area contributed by atoms with Gasteiger partial charge < -0.3 is 14.5 Å². The number of anilines is 1. The van der Waals surface area contributed by atoms with Crippen LogP contribution in [-0.4, -0.2) is 22.1 Å². The van der Waals surface area contributed by atoms with Crippen molar-refractivity contribution in [2.75, 3.05) is 5.32 Å².